The lowest BCUT2D eigenvalue weighted by Gasteiger charge is -2.28. The number of hydrogen-bond acceptors (Lipinski definition) is 7. The van der Waals surface area contributed by atoms with Crippen LogP contribution in [0, 0.1) is 10.1 Å². The molecule has 2 aromatic heterocycles. The van der Waals surface area contributed by atoms with Crippen LogP contribution in [0.4, 0.5) is 17.5 Å². The molecule has 0 fully saturated rings. The van der Waals surface area contributed by atoms with E-state index < -0.39 is 4.92 Å². The van der Waals surface area contributed by atoms with Gasteiger partial charge in [0.15, 0.2) is 0 Å². The average Bonchev–Trinajstić information content (AvgIpc) is 2.94. The first-order valence-electron chi connectivity index (χ1n) is 6.69. The highest BCUT2D eigenvalue weighted by atomic mass is 16.6. The molecule has 0 bridgehead atoms. The second-order valence-corrected chi connectivity index (χ2v) is 4.65. The number of nitrogens with zero attached hydrogens (tertiary/aromatic N) is 6. The quantitative estimate of drug-likeness (QED) is 0.662. The standard InChI is InChI=1S/C12H15N7O2/c1-2-13-12-15-7-9(19(20)21)11(16-12)18-6-5-17-4-3-14-10(17)8-18/h3-4,7H,2,5-6,8H2,1H3,(H,13,15,16). The SMILES string of the molecule is CCNc1ncc([N+](=O)[O-])c(N2CCn3ccnc3C2)n1. The van der Waals surface area contributed by atoms with Crippen molar-refractivity contribution in [3.05, 3.63) is 34.5 Å². The number of fused-ring (bicyclic) bond motifs is 1. The van der Waals surface area contributed by atoms with Crippen molar-refractivity contribution < 1.29 is 4.92 Å². The van der Waals surface area contributed by atoms with E-state index in [2.05, 4.69) is 20.3 Å². The van der Waals surface area contributed by atoms with Gasteiger partial charge in [-0.1, -0.05) is 0 Å². The summed E-state index contributed by atoms with van der Waals surface area (Å²) < 4.78 is 2.04. The van der Waals surface area contributed by atoms with E-state index >= 15 is 0 Å². The lowest BCUT2D eigenvalue weighted by atomic mass is 10.3. The predicted molar refractivity (Wildman–Crippen MR) is 76.1 cm³/mol. The first-order chi connectivity index (χ1) is 10.2. The van der Waals surface area contributed by atoms with Crippen molar-refractivity contribution in [3.63, 3.8) is 0 Å². The predicted octanol–water partition coefficient (Wildman–Crippen LogP) is 1.03. The van der Waals surface area contributed by atoms with Gasteiger partial charge in [0.1, 0.15) is 12.0 Å². The van der Waals surface area contributed by atoms with Gasteiger partial charge >= 0.3 is 5.69 Å². The lowest BCUT2D eigenvalue weighted by molar-refractivity contribution is -0.384. The number of rotatable bonds is 4. The summed E-state index contributed by atoms with van der Waals surface area (Å²) in [5.41, 5.74) is -0.0864. The summed E-state index contributed by atoms with van der Waals surface area (Å²) >= 11 is 0. The van der Waals surface area contributed by atoms with E-state index in [4.69, 9.17) is 0 Å². The third-order valence-corrected chi connectivity index (χ3v) is 3.33. The molecule has 9 nitrogen and oxygen atoms in total. The second-order valence-electron chi connectivity index (χ2n) is 4.65. The molecule has 0 amide bonds. The van der Waals surface area contributed by atoms with Gasteiger partial charge in [-0.3, -0.25) is 10.1 Å². The Morgan fingerprint density at radius 2 is 2.29 bits per heavy atom. The van der Waals surface area contributed by atoms with Gasteiger partial charge in [0, 0.05) is 32.0 Å². The molecule has 0 spiro atoms. The highest BCUT2D eigenvalue weighted by Crippen LogP contribution is 2.28. The van der Waals surface area contributed by atoms with Gasteiger partial charge in [-0.25, -0.2) is 9.97 Å². The van der Waals surface area contributed by atoms with E-state index in [-0.39, 0.29) is 5.69 Å². The first kappa shape index (κ1) is 13.3. The molecule has 9 heteroatoms. The van der Waals surface area contributed by atoms with Crippen molar-refractivity contribution in [1.82, 2.24) is 19.5 Å². The van der Waals surface area contributed by atoms with Crippen molar-refractivity contribution in [1.29, 1.82) is 0 Å². The molecule has 2 aromatic rings. The zero-order valence-electron chi connectivity index (χ0n) is 11.6. The van der Waals surface area contributed by atoms with Crippen molar-refractivity contribution in [2.75, 3.05) is 23.3 Å². The van der Waals surface area contributed by atoms with E-state index in [1.165, 1.54) is 6.20 Å². The molecule has 0 atom stereocenters. The van der Waals surface area contributed by atoms with Gasteiger partial charge in [-0.05, 0) is 6.92 Å². The number of anilines is 2. The maximum Gasteiger partial charge on any atom is 0.329 e. The Labute approximate surface area is 120 Å². The molecule has 0 saturated carbocycles. The molecule has 0 radical (unpaired) electrons. The summed E-state index contributed by atoms with van der Waals surface area (Å²) in [7, 11) is 0. The smallest absolute Gasteiger partial charge is 0.329 e. The Morgan fingerprint density at radius 1 is 1.43 bits per heavy atom. The molecule has 3 rings (SSSR count). The van der Waals surface area contributed by atoms with E-state index in [1.807, 2.05) is 22.6 Å². The maximum atomic E-state index is 11.2. The summed E-state index contributed by atoms with van der Waals surface area (Å²) in [5, 5.41) is 14.2. The van der Waals surface area contributed by atoms with Gasteiger partial charge in [-0.15, -0.1) is 0 Å². The normalized spacial score (nSPS) is 13.9. The van der Waals surface area contributed by atoms with E-state index in [9.17, 15) is 10.1 Å². The molecule has 0 unspecified atom stereocenters. The highest BCUT2D eigenvalue weighted by Gasteiger charge is 2.26. The van der Waals surface area contributed by atoms with Crippen LogP contribution < -0.4 is 10.2 Å². The van der Waals surface area contributed by atoms with Crippen LogP contribution in [0.3, 0.4) is 0 Å². The van der Waals surface area contributed by atoms with Gasteiger partial charge in [0.05, 0.1) is 11.5 Å². The van der Waals surface area contributed by atoms with Crippen LogP contribution in [-0.2, 0) is 13.1 Å². The van der Waals surface area contributed by atoms with Gasteiger partial charge < -0.3 is 14.8 Å². The second kappa shape index (κ2) is 5.35. The molecular formula is C12H15N7O2. The number of hydrogen-bond donors (Lipinski definition) is 1. The molecule has 1 aliphatic heterocycles. The molecule has 110 valence electrons. The van der Waals surface area contributed by atoms with Crippen LogP contribution in [0.2, 0.25) is 0 Å². The zero-order valence-corrected chi connectivity index (χ0v) is 11.6. The van der Waals surface area contributed by atoms with E-state index in [0.29, 0.717) is 31.4 Å². The van der Waals surface area contributed by atoms with Crippen LogP contribution in [0.15, 0.2) is 18.6 Å². The third kappa shape index (κ3) is 2.49. The minimum Gasteiger partial charge on any atom is -0.354 e. The zero-order chi connectivity index (χ0) is 14.8. The lowest BCUT2D eigenvalue weighted by Crippen LogP contribution is -2.34. The fourth-order valence-electron chi connectivity index (χ4n) is 2.33. The fourth-order valence-corrected chi connectivity index (χ4v) is 2.33. The van der Waals surface area contributed by atoms with Crippen LogP contribution in [-0.4, -0.2) is 37.5 Å². The van der Waals surface area contributed by atoms with Crippen molar-refractivity contribution in [2.24, 2.45) is 0 Å². The summed E-state index contributed by atoms with van der Waals surface area (Å²) in [6.07, 6.45) is 4.89. The molecule has 0 aromatic carbocycles. The molecule has 0 saturated heterocycles. The molecule has 1 N–H and O–H groups in total. The third-order valence-electron chi connectivity index (χ3n) is 3.33. The average molecular weight is 289 g/mol. The Bertz CT molecular complexity index is 669. The molecular weight excluding hydrogens is 274 g/mol. The number of aromatic nitrogens is 4. The molecule has 3 heterocycles. The van der Waals surface area contributed by atoms with Crippen LogP contribution >= 0.6 is 0 Å². The largest absolute Gasteiger partial charge is 0.354 e. The van der Waals surface area contributed by atoms with E-state index in [0.717, 1.165) is 12.4 Å². The molecule has 1 aliphatic rings. The summed E-state index contributed by atoms with van der Waals surface area (Å²) in [6.45, 7) is 4.44. The first-order valence-corrected chi connectivity index (χ1v) is 6.69. The minimum atomic E-state index is -0.452. The number of nitro groups is 1. The Balaban J connectivity index is 1.96. The van der Waals surface area contributed by atoms with E-state index in [1.54, 1.807) is 6.20 Å². The van der Waals surface area contributed by atoms with Crippen molar-refractivity contribution in [3.8, 4) is 0 Å². The van der Waals surface area contributed by atoms with Crippen LogP contribution in [0.25, 0.3) is 0 Å². The van der Waals surface area contributed by atoms with Gasteiger partial charge in [0.2, 0.25) is 11.8 Å². The summed E-state index contributed by atoms with van der Waals surface area (Å²) in [6, 6.07) is 0. The Morgan fingerprint density at radius 3 is 3.05 bits per heavy atom. The fraction of sp³-hybridized carbons (Fsp3) is 0.417. The molecule has 21 heavy (non-hydrogen) atoms. The Hall–Kier alpha value is -2.71. The van der Waals surface area contributed by atoms with Crippen LogP contribution in [0.1, 0.15) is 12.7 Å². The summed E-state index contributed by atoms with van der Waals surface area (Å²) in [5.74, 6) is 1.60. The van der Waals surface area contributed by atoms with Crippen molar-refractivity contribution in [2.45, 2.75) is 20.0 Å². The number of nitrogens with one attached hydrogen (secondary N) is 1. The summed E-state index contributed by atoms with van der Waals surface area (Å²) in [4.78, 5) is 25.1. The maximum absolute atomic E-state index is 11.2. The highest BCUT2D eigenvalue weighted by molar-refractivity contribution is 5.59. The topological polar surface area (TPSA) is 102 Å². The monoisotopic (exact) mass is 289 g/mol. The minimum absolute atomic E-state index is 0.0864. The van der Waals surface area contributed by atoms with Crippen molar-refractivity contribution >= 4 is 17.5 Å². The van der Waals surface area contributed by atoms with Gasteiger partial charge in [-0.2, -0.15) is 4.98 Å². The molecule has 0 aliphatic carbocycles. The Kier molecular flexibility index (Phi) is 3.38. The number of imidazole rings is 1. The van der Waals surface area contributed by atoms with Crippen LogP contribution in [0.5, 0.6) is 0 Å². The van der Waals surface area contributed by atoms with Gasteiger partial charge in [0.25, 0.3) is 0 Å².